The largest absolute Gasteiger partial charge is 0.352 e. The second kappa shape index (κ2) is 13.3. The Labute approximate surface area is 240 Å². The normalized spacial score (nSPS) is 12.2. The molecule has 0 unspecified atom stereocenters. The molecule has 0 aliphatic heterocycles. The van der Waals surface area contributed by atoms with E-state index in [2.05, 4.69) is 5.32 Å². The predicted molar refractivity (Wildman–Crippen MR) is 157 cm³/mol. The van der Waals surface area contributed by atoms with Crippen LogP contribution in [-0.2, 0) is 26.2 Å². The summed E-state index contributed by atoms with van der Waals surface area (Å²) in [5.41, 5.74) is 1.76. The van der Waals surface area contributed by atoms with Gasteiger partial charge in [-0.05, 0) is 74.7 Å². The van der Waals surface area contributed by atoms with Crippen LogP contribution in [0.3, 0.4) is 0 Å². The van der Waals surface area contributed by atoms with Crippen LogP contribution in [0.25, 0.3) is 0 Å². The molecule has 0 fully saturated rings. The second-order valence-electron chi connectivity index (χ2n) is 9.49. The molecule has 0 heterocycles. The number of carbonyl (C=O) groups is 2. The second-order valence-corrected chi connectivity index (χ2v) is 12.2. The first-order valence-corrected chi connectivity index (χ1v) is 14.8. The molecule has 0 saturated carbocycles. The maximum atomic E-state index is 14.0. The molecule has 1 N–H and O–H groups in total. The number of anilines is 1. The highest BCUT2D eigenvalue weighted by Crippen LogP contribution is 2.28. The van der Waals surface area contributed by atoms with E-state index in [1.54, 1.807) is 61.5 Å². The van der Waals surface area contributed by atoms with Gasteiger partial charge >= 0.3 is 0 Å². The predicted octanol–water partition coefficient (Wildman–Crippen LogP) is 5.83. The van der Waals surface area contributed by atoms with Crippen molar-refractivity contribution in [3.63, 3.8) is 0 Å². The average Bonchev–Trinajstić information content (AvgIpc) is 2.90. The molecule has 0 radical (unpaired) electrons. The molecule has 3 aromatic rings. The van der Waals surface area contributed by atoms with E-state index in [1.807, 2.05) is 20.8 Å². The van der Waals surface area contributed by atoms with Gasteiger partial charge in [0.25, 0.3) is 10.0 Å². The molecule has 0 saturated heterocycles. The van der Waals surface area contributed by atoms with Crippen LogP contribution in [0.15, 0.2) is 77.7 Å². The summed E-state index contributed by atoms with van der Waals surface area (Å²) in [6, 6.07) is 18.7. The molecule has 3 aromatic carbocycles. The maximum Gasteiger partial charge on any atom is 0.264 e. The molecule has 10 heteroatoms. The molecule has 1 atom stereocenters. The highest BCUT2D eigenvalue weighted by molar-refractivity contribution is 7.92. The first-order chi connectivity index (χ1) is 18.4. The summed E-state index contributed by atoms with van der Waals surface area (Å²) in [5.74, 6) is -0.849. The van der Waals surface area contributed by atoms with Crippen molar-refractivity contribution >= 4 is 50.7 Å². The standard InChI is InChI=1S/C29H33Cl2N3O4S/c1-5-27(29(36)32-20(2)3)33(18-22-12-14-23(30)15-13-22)28(35)19-34(24-16-11-21(4)26(31)17-24)39(37,38)25-9-7-6-8-10-25/h6-17,20,27H,5,18-19H2,1-4H3,(H,32,36)/t27-/m0/s1. The molecular weight excluding hydrogens is 557 g/mol. The third-order valence-electron chi connectivity index (χ3n) is 6.14. The fraction of sp³-hybridized carbons (Fsp3) is 0.310. The molecule has 2 amide bonds. The summed E-state index contributed by atoms with van der Waals surface area (Å²) in [7, 11) is -4.15. The minimum Gasteiger partial charge on any atom is -0.352 e. The van der Waals surface area contributed by atoms with Crippen molar-refractivity contribution in [3.8, 4) is 0 Å². The molecule has 7 nitrogen and oxygen atoms in total. The molecule has 0 bridgehead atoms. The summed E-state index contributed by atoms with van der Waals surface area (Å²) in [4.78, 5) is 28.6. The molecular formula is C29H33Cl2N3O4S. The van der Waals surface area contributed by atoms with Crippen molar-refractivity contribution < 1.29 is 18.0 Å². The lowest BCUT2D eigenvalue weighted by molar-refractivity contribution is -0.140. The van der Waals surface area contributed by atoms with Gasteiger partial charge in [-0.3, -0.25) is 13.9 Å². The number of nitrogens with one attached hydrogen (secondary N) is 1. The van der Waals surface area contributed by atoms with Crippen molar-refractivity contribution in [3.05, 3.63) is 94.0 Å². The van der Waals surface area contributed by atoms with Crippen LogP contribution in [0.2, 0.25) is 10.0 Å². The maximum absolute atomic E-state index is 14.0. The topological polar surface area (TPSA) is 86.8 Å². The fourth-order valence-electron chi connectivity index (χ4n) is 4.07. The van der Waals surface area contributed by atoms with Crippen LogP contribution < -0.4 is 9.62 Å². The fourth-order valence-corrected chi connectivity index (χ4v) is 5.80. The SMILES string of the molecule is CC[C@@H](C(=O)NC(C)C)N(Cc1ccc(Cl)cc1)C(=O)CN(c1ccc(C)c(Cl)c1)S(=O)(=O)c1ccccc1. The van der Waals surface area contributed by atoms with Gasteiger partial charge in [0.2, 0.25) is 11.8 Å². The number of amides is 2. The highest BCUT2D eigenvalue weighted by atomic mass is 35.5. The van der Waals surface area contributed by atoms with Crippen LogP contribution in [0.5, 0.6) is 0 Å². The lowest BCUT2D eigenvalue weighted by atomic mass is 10.1. The quantitative estimate of drug-likeness (QED) is 0.305. The van der Waals surface area contributed by atoms with Gasteiger partial charge in [0.15, 0.2) is 0 Å². The van der Waals surface area contributed by atoms with Gasteiger partial charge in [-0.15, -0.1) is 0 Å². The van der Waals surface area contributed by atoms with Gasteiger partial charge in [-0.25, -0.2) is 8.42 Å². The number of benzene rings is 3. The average molecular weight is 591 g/mol. The highest BCUT2D eigenvalue weighted by Gasteiger charge is 2.34. The van der Waals surface area contributed by atoms with Gasteiger partial charge in [0, 0.05) is 22.6 Å². The number of rotatable bonds is 11. The van der Waals surface area contributed by atoms with Crippen molar-refractivity contribution in [2.45, 2.75) is 57.6 Å². The lowest BCUT2D eigenvalue weighted by Gasteiger charge is -2.33. The number of hydrogen-bond acceptors (Lipinski definition) is 4. The Morgan fingerprint density at radius 2 is 1.59 bits per heavy atom. The van der Waals surface area contributed by atoms with Gasteiger partial charge in [-0.2, -0.15) is 0 Å². The van der Waals surface area contributed by atoms with Crippen LogP contribution in [0.1, 0.15) is 38.3 Å². The first-order valence-electron chi connectivity index (χ1n) is 12.6. The van der Waals surface area contributed by atoms with Gasteiger partial charge < -0.3 is 10.2 Å². The van der Waals surface area contributed by atoms with Crippen LogP contribution in [0.4, 0.5) is 5.69 Å². The van der Waals surface area contributed by atoms with E-state index < -0.39 is 28.5 Å². The van der Waals surface area contributed by atoms with E-state index in [0.29, 0.717) is 16.5 Å². The van der Waals surface area contributed by atoms with Crippen LogP contribution >= 0.6 is 23.2 Å². The molecule has 0 spiro atoms. The molecule has 208 valence electrons. The monoisotopic (exact) mass is 589 g/mol. The van der Waals surface area contributed by atoms with Crippen molar-refractivity contribution in [2.75, 3.05) is 10.8 Å². The van der Waals surface area contributed by atoms with Gasteiger partial charge in [-0.1, -0.05) is 66.5 Å². The smallest absolute Gasteiger partial charge is 0.264 e. The minimum absolute atomic E-state index is 0.0309. The Bertz CT molecular complexity index is 1400. The minimum atomic E-state index is -4.15. The Hall–Kier alpha value is -3.07. The van der Waals surface area contributed by atoms with Crippen LogP contribution in [-0.4, -0.2) is 43.8 Å². The van der Waals surface area contributed by atoms with Crippen LogP contribution in [0, 0.1) is 6.92 Å². The summed E-state index contributed by atoms with van der Waals surface area (Å²) in [5, 5.41) is 3.78. The number of aryl methyl sites for hydroxylation is 1. The Morgan fingerprint density at radius 3 is 2.15 bits per heavy atom. The third kappa shape index (κ3) is 7.75. The summed E-state index contributed by atoms with van der Waals surface area (Å²) >= 11 is 12.4. The molecule has 0 aliphatic rings. The molecule has 39 heavy (non-hydrogen) atoms. The van der Waals surface area contributed by atoms with Gasteiger partial charge in [0.05, 0.1) is 10.6 Å². The van der Waals surface area contributed by atoms with E-state index >= 15 is 0 Å². The van der Waals surface area contributed by atoms with E-state index in [4.69, 9.17) is 23.2 Å². The van der Waals surface area contributed by atoms with E-state index in [1.165, 1.54) is 23.1 Å². The zero-order valence-corrected chi connectivity index (χ0v) is 24.7. The number of halogens is 2. The van der Waals surface area contributed by atoms with Crippen molar-refractivity contribution in [2.24, 2.45) is 0 Å². The number of sulfonamides is 1. The number of hydrogen-bond donors (Lipinski definition) is 1. The third-order valence-corrected chi connectivity index (χ3v) is 8.58. The molecule has 0 aromatic heterocycles. The van der Waals surface area contributed by atoms with E-state index in [0.717, 1.165) is 15.4 Å². The summed E-state index contributed by atoms with van der Waals surface area (Å²) in [6.07, 6.45) is 0.333. The summed E-state index contributed by atoms with van der Waals surface area (Å²) < 4.78 is 28.7. The van der Waals surface area contributed by atoms with Crippen molar-refractivity contribution in [1.29, 1.82) is 0 Å². The zero-order valence-electron chi connectivity index (χ0n) is 22.4. The Balaban J connectivity index is 2.07. The summed E-state index contributed by atoms with van der Waals surface area (Å²) in [6.45, 7) is 6.85. The Morgan fingerprint density at radius 1 is 0.949 bits per heavy atom. The zero-order chi connectivity index (χ0) is 28.7. The van der Waals surface area contributed by atoms with E-state index in [-0.39, 0.29) is 29.1 Å². The number of nitrogens with zero attached hydrogens (tertiary/aromatic N) is 2. The molecule has 3 rings (SSSR count). The first kappa shape index (κ1) is 30.5. The molecule has 0 aliphatic carbocycles. The number of carbonyl (C=O) groups excluding carboxylic acids is 2. The van der Waals surface area contributed by atoms with Crippen molar-refractivity contribution in [1.82, 2.24) is 10.2 Å². The van der Waals surface area contributed by atoms with E-state index in [9.17, 15) is 18.0 Å². The van der Waals surface area contributed by atoms with Gasteiger partial charge in [0.1, 0.15) is 12.6 Å². The Kier molecular flexibility index (Phi) is 10.4. The lowest BCUT2D eigenvalue weighted by Crippen LogP contribution is -2.53.